The maximum atomic E-state index is 12.4. The summed E-state index contributed by atoms with van der Waals surface area (Å²) in [6.07, 6.45) is -2.18. The molecule has 0 atom stereocenters. The predicted octanol–water partition coefficient (Wildman–Crippen LogP) is 1.53. The molecule has 6 nitrogen and oxygen atoms in total. The normalized spacial score (nSPS) is 15.7. The number of carbonyl (C=O) groups is 2. The van der Waals surface area contributed by atoms with Gasteiger partial charge in [0.2, 0.25) is 5.91 Å². The number of nitrogens with zero attached hydrogens (tertiary/aromatic N) is 4. The van der Waals surface area contributed by atoms with Crippen molar-refractivity contribution in [1.29, 1.82) is 0 Å². The highest BCUT2D eigenvalue weighted by atomic mass is 19.4. The molecule has 0 radical (unpaired) electrons. The second-order valence-electron chi connectivity index (χ2n) is 5.28. The molecule has 2 aromatic rings. The highest BCUT2D eigenvalue weighted by molar-refractivity contribution is 5.97. The van der Waals surface area contributed by atoms with E-state index in [1.807, 2.05) is 0 Å². The maximum Gasteiger partial charge on any atom is 0.390 e. The van der Waals surface area contributed by atoms with Crippen molar-refractivity contribution < 1.29 is 22.8 Å². The second kappa shape index (κ2) is 5.56. The summed E-state index contributed by atoms with van der Waals surface area (Å²) in [4.78, 5) is 30.4. The van der Waals surface area contributed by atoms with Crippen molar-refractivity contribution in [3.63, 3.8) is 0 Å². The molecule has 1 aliphatic rings. The third kappa shape index (κ3) is 3.27. The summed E-state index contributed by atoms with van der Waals surface area (Å²) in [7, 11) is 0. The van der Waals surface area contributed by atoms with Gasteiger partial charge < -0.3 is 14.2 Å². The quantitative estimate of drug-likeness (QED) is 0.859. The summed E-state index contributed by atoms with van der Waals surface area (Å²) in [5.74, 6) is -0.970. The Bertz CT molecular complexity index is 756. The molecule has 1 aliphatic heterocycles. The van der Waals surface area contributed by atoms with Crippen LogP contribution in [0, 0.1) is 0 Å². The number of aromatic nitrogens is 2. The number of halogens is 3. The lowest BCUT2D eigenvalue weighted by Crippen LogP contribution is -2.33. The van der Waals surface area contributed by atoms with E-state index in [4.69, 9.17) is 0 Å². The molecule has 0 bridgehead atoms. The van der Waals surface area contributed by atoms with Crippen LogP contribution in [0.3, 0.4) is 0 Å². The van der Waals surface area contributed by atoms with Crippen molar-refractivity contribution in [3.05, 3.63) is 36.4 Å². The molecule has 0 spiro atoms. The topological polar surface area (TPSA) is 57.9 Å². The Kier molecular flexibility index (Phi) is 3.70. The van der Waals surface area contributed by atoms with E-state index in [1.165, 1.54) is 11.2 Å². The number of amides is 2. The lowest BCUT2D eigenvalue weighted by molar-refractivity contribution is -0.142. The van der Waals surface area contributed by atoms with Crippen LogP contribution in [0.15, 0.2) is 30.7 Å². The lowest BCUT2D eigenvalue weighted by Gasteiger charge is -2.18. The zero-order valence-electron chi connectivity index (χ0n) is 12.0. The van der Waals surface area contributed by atoms with Crippen LogP contribution >= 0.6 is 0 Å². The molecule has 3 heterocycles. The molecule has 9 heteroatoms. The minimum Gasteiger partial charge on any atom is -0.323 e. The van der Waals surface area contributed by atoms with Crippen LogP contribution in [0.2, 0.25) is 0 Å². The summed E-state index contributed by atoms with van der Waals surface area (Å²) in [5.41, 5.74) is 0.921. The molecule has 3 rings (SSSR count). The van der Waals surface area contributed by atoms with Gasteiger partial charge in [0.05, 0.1) is 19.4 Å². The molecular weight excluding hydrogens is 313 g/mol. The minimum absolute atomic E-state index is 0.151. The van der Waals surface area contributed by atoms with Crippen molar-refractivity contribution >= 4 is 17.3 Å². The van der Waals surface area contributed by atoms with Crippen LogP contribution in [0.25, 0.3) is 5.52 Å². The molecule has 1 saturated heterocycles. The van der Waals surface area contributed by atoms with E-state index in [0.717, 1.165) is 10.4 Å². The van der Waals surface area contributed by atoms with Crippen LogP contribution in [0.4, 0.5) is 13.2 Å². The first-order valence-corrected chi connectivity index (χ1v) is 6.90. The average molecular weight is 326 g/mol. The molecule has 0 aliphatic carbocycles. The number of alkyl halides is 3. The van der Waals surface area contributed by atoms with Gasteiger partial charge >= 0.3 is 6.18 Å². The van der Waals surface area contributed by atoms with Crippen LogP contribution in [-0.4, -0.2) is 56.9 Å². The summed E-state index contributed by atoms with van der Waals surface area (Å²) in [5, 5.41) is 0. The Morgan fingerprint density at radius 1 is 1.35 bits per heavy atom. The fourth-order valence-corrected chi connectivity index (χ4v) is 2.41. The molecule has 122 valence electrons. The molecule has 0 N–H and O–H groups in total. The fourth-order valence-electron chi connectivity index (χ4n) is 2.41. The summed E-state index contributed by atoms with van der Waals surface area (Å²) in [6, 6.07) is 5.16. The van der Waals surface area contributed by atoms with Crippen LogP contribution in [0.5, 0.6) is 0 Å². The zero-order valence-corrected chi connectivity index (χ0v) is 12.0. The molecule has 2 aromatic heterocycles. The van der Waals surface area contributed by atoms with Crippen molar-refractivity contribution in [2.75, 3.05) is 19.8 Å². The highest BCUT2D eigenvalue weighted by Gasteiger charge is 2.35. The molecular formula is C14H13F3N4O2. The first-order chi connectivity index (χ1) is 10.8. The monoisotopic (exact) mass is 326 g/mol. The van der Waals surface area contributed by atoms with Crippen molar-refractivity contribution in [2.24, 2.45) is 0 Å². The Labute approximate surface area is 129 Å². The van der Waals surface area contributed by atoms with E-state index < -0.39 is 31.0 Å². The Morgan fingerprint density at radius 3 is 2.87 bits per heavy atom. The number of carbonyl (C=O) groups excluding carboxylic acids is 2. The SMILES string of the molecule is O=C1CN(C(=O)c2cc3cccn3cn2)CN1CCC(F)(F)F. The Hall–Kier alpha value is -2.58. The molecule has 0 unspecified atom stereocenters. The third-order valence-electron chi connectivity index (χ3n) is 3.61. The van der Waals surface area contributed by atoms with Crippen LogP contribution < -0.4 is 0 Å². The van der Waals surface area contributed by atoms with Crippen LogP contribution in [-0.2, 0) is 4.79 Å². The van der Waals surface area contributed by atoms with Gasteiger partial charge in [-0.05, 0) is 18.2 Å². The smallest absolute Gasteiger partial charge is 0.323 e. The predicted molar refractivity (Wildman–Crippen MR) is 73.5 cm³/mol. The fraction of sp³-hybridized carbons (Fsp3) is 0.357. The number of hydrogen-bond donors (Lipinski definition) is 0. The third-order valence-corrected chi connectivity index (χ3v) is 3.61. The standard InChI is InChI=1S/C14H13F3N4O2/c15-14(16,17)3-5-20-9-21(7-12(20)22)13(23)11-6-10-2-1-4-19(10)8-18-11/h1-2,4,6,8H,3,5,7,9H2. The number of rotatable bonds is 3. The van der Waals surface area contributed by atoms with E-state index >= 15 is 0 Å². The van der Waals surface area contributed by atoms with Crippen molar-refractivity contribution in [1.82, 2.24) is 19.2 Å². The Balaban J connectivity index is 1.69. The molecule has 1 fully saturated rings. The minimum atomic E-state index is -4.33. The summed E-state index contributed by atoms with van der Waals surface area (Å²) in [6.45, 7) is -0.830. The summed E-state index contributed by atoms with van der Waals surface area (Å²) >= 11 is 0. The van der Waals surface area contributed by atoms with E-state index in [2.05, 4.69) is 4.98 Å². The number of hydrogen-bond acceptors (Lipinski definition) is 3. The molecule has 23 heavy (non-hydrogen) atoms. The lowest BCUT2D eigenvalue weighted by atomic mass is 10.3. The van der Waals surface area contributed by atoms with Gasteiger partial charge in [-0.25, -0.2) is 4.98 Å². The molecule has 2 amide bonds. The van der Waals surface area contributed by atoms with E-state index in [0.29, 0.717) is 0 Å². The van der Waals surface area contributed by atoms with Gasteiger partial charge in [0, 0.05) is 18.3 Å². The average Bonchev–Trinajstić information content (AvgIpc) is 3.09. The van der Waals surface area contributed by atoms with Crippen molar-refractivity contribution in [2.45, 2.75) is 12.6 Å². The molecule has 0 aromatic carbocycles. The first kappa shape index (κ1) is 15.3. The second-order valence-corrected chi connectivity index (χ2v) is 5.28. The van der Waals surface area contributed by atoms with Gasteiger partial charge in [-0.1, -0.05) is 0 Å². The highest BCUT2D eigenvalue weighted by Crippen LogP contribution is 2.21. The van der Waals surface area contributed by atoms with E-state index in [1.54, 1.807) is 28.8 Å². The largest absolute Gasteiger partial charge is 0.390 e. The van der Waals surface area contributed by atoms with Gasteiger partial charge in [-0.2, -0.15) is 13.2 Å². The molecule has 0 saturated carbocycles. The van der Waals surface area contributed by atoms with Crippen LogP contribution in [0.1, 0.15) is 16.9 Å². The van der Waals surface area contributed by atoms with Gasteiger partial charge in [-0.3, -0.25) is 9.59 Å². The van der Waals surface area contributed by atoms with E-state index in [-0.39, 0.29) is 18.9 Å². The summed E-state index contributed by atoms with van der Waals surface area (Å²) < 4.78 is 38.5. The Morgan fingerprint density at radius 2 is 2.13 bits per heavy atom. The maximum absolute atomic E-state index is 12.4. The first-order valence-electron chi connectivity index (χ1n) is 6.90. The van der Waals surface area contributed by atoms with Gasteiger partial charge in [0.25, 0.3) is 5.91 Å². The van der Waals surface area contributed by atoms with Gasteiger partial charge in [0.15, 0.2) is 0 Å². The number of fused-ring (bicyclic) bond motifs is 1. The zero-order chi connectivity index (χ0) is 16.6. The van der Waals surface area contributed by atoms with Crippen molar-refractivity contribution in [3.8, 4) is 0 Å². The van der Waals surface area contributed by atoms with Gasteiger partial charge in [0.1, 0.15) is 12.2 Å². The van der Waals surface area contributed by atoms with E-state index in [9.17, 15) is 22.8 Å². The van der Waals surface area contributed by atoms with Gasteiger partial charge in [-0.15, -0.1) is 0 Å².